The number of aromatic amines is 2. The normalized spacial score (nSPS) is 19.4. The van der Waals surface area contributed by atoms with Crippen molar-refractivity contribution >= 4 is 22.9 Å². The molecule has 3 aromatic carbocycles. The SMILES string of the molecule is CCC[C@H](NCC)c1ncc(-c2ccc(-c3ccc(-c4ccc5nc([C@@H]6C[C@H](C)CN6C(=O)C(NC(=O)OC)C(C)C)[nH]c(=O)c5c4)c4c3CC3(CCCC3)C4)cc2)[nH]1. The number of hydrogen-bond acceptors (Lipinski definition) is 7. The average molecular weight is 798 g/mol. The summed E-state index contributed by atoms with van der Waals surface area (Å²) in [4.78, 5) is 58.1. The van der Waals surface area contributed by atoms with E-state index in [-0.39, 0.29) is 34.8 Å². The van der Waals surface area contributed by atoms with Gasteiger partial charge in [-0.3, -0.25) is 9.59 Å². The van der Waals surface area contributed by atoms with E-state index in [0.717, 1.165) is 54.9 Å². The van der Waals surface area contributed by atoms with Crippen molar-refractivity contribution in [1.29, 1.82) is 0 Å². The smallest absolute Gasteiger partial charge is 0.407 e. The summed E-state index contributed by atoms with van der Waals surface area (Å²) in [6.07, 6.45) is 11.2. The van der Waals surface area contributed by atoms with Crippen molar-refractivity contribution in [2.75, 3.05) is 20.2 Å². The van der Waals surface area contributed by atoms with Gasteiger partial charge < -0.3 is 30.2 Å². The largest absolute Gasteiger partial charge is 0.453 e. The molecule has 11 nitrogen and oxygen atoms in total. The van der Waals surface area contributed by atoms with E-state index in [0.29, 0.717) is 29.7 Å². The van der Waals surface area contributed by atoms with Crippen LogP contribution in [0, 0.1) is 17.3 Å². The lowest BCUT2D eigenvalue weighted by Crippen LogP contribution is -2.51. The number of ether oxygens (including phenoxy) is 1. The maximum absolute atomic E-state index is 13.9. The Hall–Kier alpha value is -5.29. The minimum Gasteiger partial charge on any atom is -0.453 e. The minimum atomic E-state index is -0.761. The molecule has 1 saturated carbocycles. The molecule has 8 rings (SSSR count). The minimum absolute atomic E-state index is 0.159. The third-order valence-corrected chi connectivity index (χ3v) is 13.2. The first-order valence-electron chi connectivity index (χ1n) is 21.7. The Kier molecular flexibility index (Phi) is 11.5. The Morgan fingerprint density at radius 3 is 2.29 bits per heavy atom. The molecule has 1 unspecified atom stereocenters. The number of H-pyrrole nitrogens is 2. The highest BCUT2D eigenvalue weighted by Crippen LogP contribution is 2.53. The number of alkyl carbamates (subject to hydrolysis) is 1. The van der Waals surface area contributed by atoms with Crippen LogP contribution in [0.25, 0.3) is 44.4 Å². The first-order chi connectivity index (χ1) is 28.5. The van der Waals surface area contributed by atoms with E-state index in [1.165, 1.54) is 60.6 Å². The molecule has 1 aliphatic heterocycles. The van der Waals surface area contributed by atoms with Crippen LogP contribution in [-0.2, 0) is 22.4 Å². The summed E-state index contributed by atoms with van der Waals surface area (Å²) in [6, 6.07) is 18.5. The number of carbonyl (C=O) groups is 2. The van der Waals surface area contributed by atoms with Crippen LogP contribution in [0.3, 0.4) is 0 Å². The zero-order valence-electron chi connectivity index (χ0n) is 35.4. The molecule has 4 N–H and O–H groups in total. The van der Waals surface area contributed by atoms with E-state index in [1.807, 2.05) is 32.2 Å². The summed E-state index contributed by atoms with van der Waals surface area (Å²) in [6.45, 7) is 11.6. The Morgan fingerprint density at radius 1 is 0.949 bits per heavy atom. The van der Waals surface area contributed by atoms with Crippen molar-refractivity contribution in [1.82, 2.24) is 35.5 Å². The quantitative estimate of drug-likeness (QED) is 0.0986. The highest BCUT2D eigenvalue weighted by Gasteiger charge is 2.42. The first-order valence-corrected chi connectivity index (χ1v) is 21.7. The van der Waals surface area contributed by atoms with Crippen LogP contribution in [0.1, 0.15) is 114 Å². The number of carbonyl (C=O) groups excluding carboxylic acids is 2. The third-order valence-electron chi connectivity index (χ3n) is 13.2. The summed E-state index contributed by atoms with van der Waals surface area (Å²) in [5, 5.41) is 6.79. The fourth-order valence-corrected chi connectivity index (χ4v) is 10.2. The fourth-order valence-electron chi connectivity index (χ4n) is 10.2. The zero-order valence-corrected chi connectivity index (χ0v) is 35.4. The summed E-state index contributed by atoms with van der Waals surface area (Å²) >= 11 is 0. The summed E-state index contributed by atoms with van der Waals surface area (Å²) in [5.41, 5.74) is 10.3. The van der Waals surface area contributed by atoms with Gasteiger partial charge in [-0.2, -0.15) is 0 Å². The number of imidazole rings is 1. The maximum atomic E-state index is 13.9. The van der Waals surface area contributed by atoms with Gasteiger partial charge >= 0.3 is 6.09 Å². The summed E-state index contributed by atoms with van der Waals surface area (Å²) < 4.78 is 4.81. The lowest BCUT2D eigenvalue weighted by Gasteiger charge is -2.30. The standard InChI is InChI=1S/C48H59N7O4/c1-7-11-39(49-8-2)43-50-26-40(52-43)31-14-12-30(13-15-31)33-17-18-34(37-25-48(24-36(33)37)20-9-10-21-48)32-16-19-38-35(23-32)45(56)54-44(51-38)41-22-29(5)27-55(41)46(57)42(28(3)4)53-47(58)59-6/h12-19,23,26,28-29,39,41-42,49H,7-11,20-22,24-25,27H2,1-6H3,(H,50,52)(H,53,58)(H,51,54,56)/t29-,39-,41-,42?/m0/s1. The molecule has 2 aliphatic carbocycles. The summed E-state index contributed by atoms with van der Waals surface area (Å²) in [7, 11) is 1.29. The first kappa shape index (κ1) is 40.5. The molecule has 2 aromatic heterocycles. The molecule has 310 valence electrons. The molecule has 2 fully saturated rings. The van der Waals surface area contributed by atoms with Crippen LogP contribution in [0.4, 0.5) is 4.79 Å². The van der Waals surface area contributed by atoms with E-state index >= 15 is 0 Å². The summed E-state index contributed by atoms with van der Waals surface area (Å²) in [5.74, 6) is 1.28. The number of amides is 2. The van der Waals surface area contributed by atoms with Crippen LogP contribution in [0.15, 0.2) is 65.6 Å². The number of rotatable bonds is 12. The van der Waals surface area contributed by atoms with Gasteiger partial charge in [-0.25, -0.2) is 14.8 Å². The Balaban J connectivity index is 1.10. The molecule has 11 heteroatoms. The molecule has 4 atom stereocenters. The Labute approximate surface area is 347 Å². The van der Waals surface area contributed by atoms with E-state index in [9.17, 15) is 14.4 Å². The molecule has 5 aromatic rings. The van der Waals surface area contributed by atoms with Crippen molar-refractivity contribution < 1.29 is 14.3 Å². The van der Waals surface area contributed by atoms with Crippen LogP contribution in [0.2, 0.25) is 0 Å². The van der Waals surface area contributed by atoms with Crippen LogP contribution < -0.4 is 16.2 Å². The van der Waals surface area contributed by atoms with Crippen LogP contribution in [0.5, 0.6) is 0 Å². The molecule has 3 aliphatic rings. The molecule has 0 bridgehead atoms. The fraction of sp³-hybridized carbons (Fsp3) is 0.479. The number of likely N-dealkylation sites (tertiary alicyclic amines) is 1. The molecule has 1 saturated heterocycles. The molecule has 0 radical (unpaired) electrons. The molecular formula is C48H59N7O4. The Bertz CT molecular complexity index is 2390. The number of nitrogens with zero attached hydrogens (tertiary/aromatic N) is 3. The second kappa shape index (κ2) is 16.8. The van der Waals surface area contributed by atoms with Crippen molar-refractivity contribution in [3.8, 4) is 33.5 Å². The topological polar surface area (TPSA) is 145 Å². The van der Waals surface area contributed by atoms with Gasteiger partial charge in [0.25, 0.3) is 5.56 Å². The maximum Gasteiger partial charge on any atom is 0.407 e. The van der Waals surface area contributed by atoms with E-state index in [2.05, 4.69) is 83.8 Å². The number of nitrogens with one attached hydrogen (secondary N) is 4. The third kappa shape index (κ3) is 7.93. The molecule has 59 heavy (non-hydrogen) atoms. The second-order valence-electron chi connectivity index (χ2n) is 17.7. The van der Waals surface area contributed by atoms with Gasteiger partial charge in [0.15, 0.2) is 0 Å². The number of benzene rings is 3. The predicted molar refractivity (Wildman–Crippen MR) is 233 cm³/mol. The molecule has 1 spiro atoms. The Morgan fingerprint density at radius 2 is 1.63 bits per heavy atom. The van der Waals surface area contributed by atoms with Crippen LogP contribution in [-0.4, -0.2) is 63.1 Å². The van der Waals surface area contributed by atoms with Gasteiger partial charge in [-0.1, -0.05) is 96.3 Å². The highest BCUT2D eigenvalue weighted by molar-refractivity contribution is 5.88. The monoisotopic (exact) mass is 797 g/mol. The lowest BCUT2D eigenvalue weighted by atomic mass is 9.82. The molecule has 2 amide bonds. The van der Waals surface area contributed by atoms with Gasteiger partial charge in [-0.15, -0.1) is 0 Å². The van der Waals surface area contributed by atoms with E-state index in [1.54, 1.807) is 4.90 Å². The van der Waals surface area contributed by atoms with Crippen LogP contribution >= 0.6 is 0 Å². The van der Waals surface area contributed by atoms with Crippen molar-refractivity contribution in [3.05, 3.63) is 93.9 Å². The van der Waals surface area contributed by atoms with Gasteiger partial charge in [0.1, 0.15) is 17.7 Å². The number of aromatic nitrogens is 4. The van der Waals surface area contributed by atoms with E-state index in [4.69, 9.17) is 14.7 Å². The molecule has 3 heterocycles. The van der Waals surface area contributed by atoms with Crippen molar-refractivity contribution in [2.24, 2.45) is 17.3 Å². The van der Waals surface area contributed by atoms with Crippen molar-refractivity contribution in [2.45, 2.75) is 111 Å². The number of hydrogen-bond donors (Lipinski definition) is 4. The van der Waals surface area contributed by atoms with E-state index < -0.39 is 18.2 Å². The zero-order chi connectivity index (χ0) is 41.4. The molecular weight excluding hydrogens is 739 g/mol. The average Bonchev–Trinajstić information content (AvgIpc) is 4.06. The highest BCUT2D eigenvalue weighted by atomic mass is 16.5. The van der Waals surface area contributed by atoms with Gasteiger partial charge in [-0.05, 0) is 113 Å². The van der Waals surface area contributed by atoms with Crippen molar-refractivity contribution in [3.63, 3.8) is 0 Å². The second-order valence-corrected chi connectivity index (χ2v) is 17.7. The predicted octanol–water partition coefficient (Wildman–Crippen LogP) is 9.05. The number of fused-ring (bicyclic) bond motifs is 2. The number of methoxy groups -OCH3 is 1. The van der Waals surface area contributed by atoms with Gasteiger partial charge in [0.05, 0.1) is 42.0 Å². The van der Waals surface area contributed by atoms with Gasteiger partial charge in [0.2, 0.25) is 5.91 Å². The van der Waals surface area contributed by atoms with Gasteiger partial charge in [0, 0.05) is 6.54 Å². The lowest BCUT2D eigenvalue weighted by molar-refractivity contribution is -0.135.